The number of hydrogen-bond donors (Lipinski definition) is 1. The maximum Gasteiger partial charge on any atom is 0.198 e. The molecular formula is C11H15NO2. The van der Waals surface area contributed by atoms with E-state index < -0.39 is 0 Å². The van der Waals surface area contributed by atoms with Gasteiger partial charge in [-0.05, 0) is 25.5 Å². The molecular weight excluding hydrogens is 178 g/mol. The number of rotatable bonds is 5. The molecule has 0 amide bonds. The molecule has 3 heteroatoms. The van der Waals surface area contributed by atoms with Crippen LogP contribution in [0.5, 0.6) is 0 Å². The molecule has 0 saturated carbocycles. The van der Waals surface area contributed by atoms with Gasteiger partial charge in [-0.3, -0.25) is 4.79 Å². The van der Waals surface area contributed by atoms with E-state index in [0.29, 0.717) is 30.9 Å². The van der Waals surface area contributed by atoms with E-state index in [1.165, 1.54) is 0 Å². The first-order chi connectivity index (χ1) is 6.63. The number of ketones is 1. The van der Waals surface area contributed by atoms with Gasteiger partial charge in [0.05, 0.1) is 6.54 Å². The summed E-state index contributed by atoms with van der Waals surface area (Å²) in [7, 11) is 0. The summed E-state index contributed by atoms with van der Waals surface area (Å²) in [6, 6.07) is 3.40. The molecule has 1 heterocycles. The number of furan rings is 1. The van der Waals surface area contributed by atoms with Gasteiger partial charge in [-0.25, -0.2) is 0 Å². The minimum Gasteiger partial charge on any atom is -0.457 e. The van der Waals surface area contributed by atoms with E-state index in [9.17, 15) is 4.79 Å². The van der Waals surface area contributed by atoms with Crippen molar-refractivity contribution in [2.75, 3.05) is 0 Å². The minimum atomic E-state index is 0.00713. The Labute approximate surface area is 83.6 Å². The van der Waals surface area contributed by atoms with Crippen molar-refractivity contribution in [1.82, 2.24) is 0 Å². The van der Waals surface area contributed by atoms with Gasteiger partial charge in [0.25, 0.3) is 0 Å². The highest BCUT2D eigenvalue weighted by atomic mass is 16.3. The summed E-state index contributed by atoms with van der Waals surface area (Å²) in [6.45, 7) is 5.97. The largest absolute Gasteiger partial charge is 0.457 e. The average Bonchev–Trinajstić information content (AvgIpc) is 2.62. The van der Waals surface area contributed by atoms with Crippen LogP contribution in [0.15, 0.2) is 28.7 Å². The molecule has 76 valence electrons. The van der Waals surface area contributed by atoms with Gasteiger partial charge >= 0.3 is 0 Å². The smallest absolute Gasteiger partial charge is 0.198 e. The minimum absolute atomic E-state index is 0.00713. The van der Waals surface area contributed by atoms with Crippen molar-refractivity contribution >= 4 is 5.78 Å². The van der Waals surface area contributed by atoms with Gasteiger partial charge in [-0.2, -0.15) is 0 Å². The van der Waals surface area contributed by atoms with E-state index in [4.69, 9.17) is 10.2 Å². The van der Waals surface area contributed by atoms with Crippen molar-refractivity contribution in [3.63, 3.8) is 0 Å². The lowest BCUT2D eigenvalue weighted by Crippen LogP contribution is -1.97. The van der Waals surface area contributed by atoms with Crippen molar-refractivity contribution in [1.29, 1.82) is 0 Å². The molecule has 2 N–H and O–H groups in total. The predicted molar refractivity (Wildman–Crippen MR) is 55.0 cm³/mol. The highest BCUT2D eigenvalue weighted by Gasteiger charge is 2.10. The SMILES string of the molecule is C=C(C)CCC(=O)c1ccc(CN)o1. The van der Waals surface area contributed by atoms with Gasteiger partial charge in [0.15, 0.2) is 11.5 Å². The lowest BCUT2D eigenvalue weighted by atomic mass is 10.1. The maximum absolute atomic E-state index is 11.5. The normalized spacial score (nSPS) is 10.1. The highest BCUT2D eigenvalue weighted by molar-refractivity contribution is 5.93. The van der Waals surface area contributed by atoms with Gasteiger partial charge in [0.1, 0.15) is 5.76 Å². The van der Waals surface area contributed by atoms with Crippen LogP contribution in [0, 0.1) is 0 Å². The molecule has 0 saturated heterocycles. The predicted octanol–water partition coefficient (Wildman–Crippen LogP) is 2.28. The Kier molecular flexibility index (Phi) is 3.65. The first kappa shape index (κ1) is 10.7. The van der Waals surface area contributed by atoms with Crippen LogP contribution in [-0.4, -0.2) is 5.78 Å². The fourth-order valence-electron chi connectivity index (χ4n) is 1.09. The van der Waals surface area contributed by atoms with E-state index >= 15 is 0 Å². The van der Waals surface area contributed by atoms with Gasteiger partial charge < -0.3 is 10.2 Å². The number of Topliss-reactive ketones (excluding diaryl/α,β-unsaturated/α-hetero) is 1. The molecule has 0 spiro atoms. The Hall–Kier alpha value is -1.35. The molecule has 0 aliphatic heterocycles. The van der Waals surface area contributed by atoms with Gasteiger partial charge in [0.2, 0.25) is 0 Å². The lowest BCUT2D eigenvalue weighted by Gasteiger charge is -1.96. The number of allylic oxidation sites excluding steroid dienone is 1. The Morgan fingerprint density at radius 3 is 2.71 bits per heavy atom. The van der Waals surface area contributed by atoms with Crippen molar-refractivity contribution in [3.8, 4) is 0 Å². The van der Waals surface area contributed by atoms with Crippen LogP contribution in [0.2, 0.25) is 0 Å². The summed E-state index contributed by atoms with van der Waals surface area (Å²) in [5, 5.41) is 0. The highest BCUT2D eigenvalue weighted by Crippen LogP contribution is 2.12. The molecule has 3 nitrogen and oxygen atoms in total. The zero-order chi connectivity index (χ0) is 10.6. The Morgan fingerprint density at radius 2 is 2.21 bits per heavy atom. The van der Waals surface area contributed by atoms with Gasteiger partial charge in [-0.1, -0.05) is 5.57 Å². The summed E-state index contributed by atoms with van der Waals surface area (Å²) < 4.78 is 5.22. The second kappa shape index (κ2) is 4.77. The van der Waals surface area contributed by atoms with Crippen LogP contribution in [0.3, 0.4) is 0 Å². The monoisotopic (exact) mass is 193 g/mol. The summed E-state index contributed by atoms with van der Waals surface area (Å²) in [4.78, 5) is 11.5. The fourth-order valence-corrected chi connectivity index (χ4v) is 1.09. The third kappa shape index (κ3) is 2.85. The summed E-state index contributed by atoms with van der Waals surface area (Å²) in [6.07, 6.45) is 1.16. The molecule has 0 aromatic carbocycles. The van der Waals surface area contributed by atoms with Crippen molar-refractivity contribution < 1.29 is 9.21 Å². The molecule has 0 aliphatic rings. The molecule has 1 rings (SSSR count). The summed E-state index contributed by atoms with van der Waals surface area (Å²) >= 11 is 0. The standard InChI is InChI=1S/C11H15NO2/c1-8(2)3-5-10(13)11-6-4-9(7-12)14-11/h4,6H,1,3,5,7,12H2,2H3. The zero-order valence-corrected chi connectivity index (χ0v) is 8.38. The second-order valence-electron chi connectivity index (χ2n) is 3.35. The van der Waals surface area contributed by atoms with E-state index in [-0.39, 0.29) is 5.78 Å². The number of carbonyl (C=O) groups is 1. The quantitative estimate of drug-likeness (QED) is 0.576. The average molecular weight is 193 g/mol. The van der Waals surface area contributed by atoms with Crippen LogP contribution in [0.25, 0.3) is 0 Å². The second-order valence-corrected chi connectivity index (χ2v) is 3.35. The van der Waals surface area contributed by atoms with Crippen LogP contribution in [0.4, 0.5) is 0 Å². The van der Waals surface area contributed by atoms with Crippen LogP contribution < -0.4 is 5.73 Å². The van der Waals surface area contributed by atoms with Crippen LogP contribution in [0.1, 0.15) is 36.1 Å². The molecule has 1 aromatic heterocycles. The van der Waals surface area contributed by atoms with Crippen molar-refractivity contribution in [3.05, 3.63) is 35.8 Å². The molecule has 0 aliphatic carbocycles. The first-order valence-corrected chi connectivity index (χ1v) is 4.60. The lowest BCUT2D eigenvalue weighted by molar-refractivity contribution is 0.0954. The van der Waals surface area contributed by atoms with E-state index in [1.54, 1.807) is 12.1 Å². The summed E-state index contributed by atoms with van der Waals surface area (Å²) in [5.74, 6) is 1.04. The third-order valence-electron chi connectivity index (χ3n) is 1.92. The molecule has 0 fully saturated rings. The molecule has 0 unspecified atom stereocenters. The molecule has 1 aromatic rings. The van der Waals surface area contributed by atoms with Crippen LogP contribution >= 0.6 is 0 Å². The van der Waals surface area contributed by atoms with Crippen molar-refractivity contribution in [2.24, 2.45) is 5.73 Å². The molecule has 0 radical (unpaired) electrons. The molecule has 14 heavy (non-hydrogen) atoms. The molecule has 0 bridgehead atoms. The van der Waals surface area contributed by atoms with Crippen molar-refractivity contribution in [2.45, 2.75) is 26.3 Å². The van der Waals surface area contributed by atoms with Crippen LogP contribution in [-0.2, 0) is 6.54 Å². The van der Waals surface area contributed by atoms with Gasteiger partial charge in [0, 0.05) is 6.42 Å². The fraction of sp³-hybridized carbons (Fsp3) is 0.364. The number of carbonyl (C=O) groups excluding carboxylic acids is 1. The van der Waals surface area contributed by atoms with E-state index in [1.807, 2.05) is 6.92 Å². The third-order valence-corrected chi connectivity index (χ3v) is 1.92. The Bertz CT molecular complexity index is 339. The molecule has 0 atom stereocenters. The number of hydrogen-bond acceptors (Lipinski definition) is 3. The van der Waals surface area contributed by atoms with E-state index in [2.05, 4.69) is 6.58 Å². The maximum atomic E-state index is 11.5. The topological polar surface area (TPSA) is 56.2 Å². The van der Waals surface area contributed by atoms with Gasteiger partial charge in [-0.15, -0.1) is 6.58 Å². The first-order valence-electron chi connectivity index (χ1n) is 4.60. The Balaban J connectivity index is 2.56. The van der Waals surface area contributed by atoms with E-state index in [0.717, 1.165) is 5.57 Å². The number of nitrogens with two attached hydrogens (primary N) is 1. The Morgan fingerprint density at radius 1 is 1.50 bits per heavy atom. The summed E-state index contributed by atoms with van der Waals surface area (Å²) in [5.41, 5.74) is 6.37. The zero-order valence-electron chi connectivity index (χ0n) is 8.38.